The minimum atomic E-state index is -0.232. The first-order chi connectivity index (χ1) is 12.1. The van der Waals surface area contributed by atoms with Crippen molar-refractivity contribution in [3.63, 3.8) is 0 Å². The van der Waals surface area contributed by atoms with E-state index in [1.54, 1.807) is 24.3 Å². The average Bonchev–Trinajstić information content (AvgIpc) is 2.67. The van der Waals surface area contributed by atoms with Crippen molar-refractivity contribution in [2.45, 2.75) is 19.3 Å². The molecule has 0 spiro atoms. The SMILES string of the molecule is COC(=O)CCCCNC(=O)c1ccc(-c2ccc(C#N)cc2)cc1. The summed E-state index contributed by atoms with van der Waals surface area (Å²) in [4.78, 5) is 23.1. The summed E-state index contributed by atoms with van der Waals surface area (Å²) in [5.74, 6) is -0.367. The summed E-state index contributed by atoms with van der Waals surface area (Å²) in [5.41, 5.74) is 3.19. The Kier molecular flexibility index (Phi) is 6.73. The summed E-state index contributed by atoms with van der Waals surface area (Å²) < 4.78 is 4.57. The zero-order valence-electron chi connectivity index (χ0n) is 14.1. The average molecular weight is 336 g/mol. The van der Waals surface area contributed by atoms with Crippen molar-refractivity contribution in [3.8, 4) is 17.2 Å². The lowest BCUT2D eigenvalue weighted by Crippen LogP contribution is -2.24. The van der Waals surface area contributed by atoms with E-state index in [-0.39, 0.29) is 11.9 Å². The van der Waals surface area contributed by atoms with Crippen molar-refractivity contribution >= 4 is 11.9 Å². The first kappa shape index (κ1) is 18.2. The van der Waals surface area contributed by atoms with Crippen molar-refractivity contribution in [3.05, 3.63) is 59.7 Å². The fourth-order valence-corrected chi connectivity index (χ4v) is 2.35. The molecule has 128 valence electrons. The molecule has 0 aliphatic heterocycles. The smallest absolute Gasteiger partial charge is 0.305 e. The fraction of sp³-hybridized carbons (Fsp3) is 0.250. The van der Waals surface area contributed by atoms with Crippen molar-refractivity contribution in [2.75, 3.05) is 13.7 Å². The number of carbonyl (C=O) groups is 2. The summed E-state index contributed by atoms with van der Waals surface area (Å²) in [7, 11) is 1.37. The Hall–Kier alpha value is -3.13. The Morgan fingerprint density at radius 3 is 2.16 bits per heavy atom. The van der Waals surface area contributed by atoms with Crippen molar-refractivity contribution < 1.29 is 14.3 Å². The highest BCUT2D eigenvalue weighted by Crippen LogP contribution is 2.20. The van der Waals surface area contributed by atoms with E-state index in [2.05, 4.69) is 16.1 Å². The van der Waals surface area contributed by atoms with Crippen molar-refractivity contribution in [1.29, 1.82) is 5.26 Å². The highest BCUT2D eigenvalue weighted by molar-refractivity contribution is 5.94. The maximum absolute atomic E-state index is 12.1. The number of rotatable bonds is 7. The van der Waals surface area contributed by atoms with Gasteiger partial charge in [-0.3, -0.25) is 9.59 Å². The molecule has 0 radical (unpaired) electrons. The molecule has 0 aliphatic carbocycles. The molecule has 2 aromatic carbocycles. The van der Waals surface area contributed by atoms with Crippen LogP contribution < -0.4 is 5.32 Å². The molecule has 0 heterocycles. The van der Waals surface area contributed by atoms with E-state index in [0.29, 0.717) is 30.5 Å². The molecule has 0 aromatic heterocycles. The summed E-state index contributed by atoms with van der Waals surface area (Å²) in [6.07, 6.45) is 1.78. The zero-order chi connectivity index (χ0) is 18.1. The Morgan fingerprint density at radius 1 is 1.00 bits per heavy atom. The van der Waals surface area contributed by atoms with Gasteiger partial charge >= 0.3 is 5.97 Å². The third-order valence-corrected chi connectivity index (χ3v) is 3.82. The first-order valence-electron chi connectivity index (χ1n) is 8.09. The summed E-state index contributed by atoms with van der Waals surface area (Å²) in [6.45, 7) is 0.521. The topological polar surface area (TPSA) is 79.2 Å². The van der Waals surface area contributed by atoms with E-state index in [1.807, 2.05) is 24.3 Å². The number of methoxy groups -OCH3 is 1. The number of ether oxygens (including phenoxy) is 1. The van der Waals surface area contributed by atoms with Crippen LogP contribution in [0.1, 0.15) is 35.2 Å². The Morgan fingerprint density at radius 2 is 1.60 bits per heavy atom. The number of benzene rings is 2. The second-order valence-corrected chi connectivity index (χ2v) is 5.56. The van der Waals surface area contributed by atoms with E-state index in [4.69, 9.17) is 5.26 Å². The number of amides is 1. The minimum Gasteiger partial charge on any atom is -0.469 e. The molecule has 0 bridgehead atoms. The second-order valence-electron chi connectivity index (χ2n) is 5.56. The third-order valence-electron chi connectivity index (χ3n) is 3.82. The molecule has 2 rings (SSSR count). The van der Waals surface area contributed by atoms with E-state index in [1.165, 1.54) is 7.11 Å². The predicted octanol–water partition coefficient (Wildman–Crippen LogP) is 3.30. The van der Waals surface area contributed by atoms with Gasteiger partial charge < -0.3 is 10.1 Å². The van der Waals surface area contributed by atoms with Gasteiger partial charge in [0.15, 0.2) is 0 Å². The van der Waals surface area contributed by atoms with Gasteiger partial charge in [-0.1, -0.05) is 24.3 Å². The monoisotopic (exact) mass is 336 g/mol. The van der Waals surface area contributed by atoms with Gasteiger partial charge in [0.2, 0.25) is 0 Å². The Bertz CT molecular complexity index is 759. The molecule has 0 unspecified atom stereocenters. The van der Waals surface area contributed by atoms with Crippen LogP contribution in [0.5, 0.6) is 0 Å². The standard InChI is InChI=1S/C20H20N2O3/c1-25-19(23)4-2-3-13-22-20(24)18-11-9-17(10-12-18)16-7-5-15(14-21)6-8-16/h5-12H,2-4,13H2,1H3,(H,22,24). The lowest BCUT2D eigenvalue weighted by Gasteiger charge is -2.07. The van der Waals surface area contributed by atoms with E-state index < -0.39 is 0 Å². The second kappa shape index (κ2) is 9.24. The summed E-state index contributed by atoms with van der Waals surface area (Å²) >= 11 is 0. The molecule has 0 aliphatic rings. The van der Waals surface area contributed by atoms with Gasteiger partial charge in [-0.15, -0.1) is 0 Å². The van der Waals surface area contributed by atoms with E-state index in [0.717, 1.165) is 17.5 Å². The van der Waals surface area contributed by atoms with Crippen LogP contribution in [-0.2, 0) is 9.53 Å². The molecule has 1 N–H and O–H groups in total. The van der Waals surface area contributed by atoms with Gasteiger partial charge in [-0.05, 0) is 48.2 Å². The van der Waals surface area contributed by atoms with Crippen LogP contribution >= 0.6 is 0 Å². The third kappa shape index (κ3) is 5.47. The number of nitriles is 1. The molecule has 0 saturated heterocycles. The summed E-state index contributed by atoms with van der Waals surface area (Å²) in [5, 5.41) is 11.7. The number of carbonyl (C=O) groups excluding carboxylic acids is 2. The number of nitrogens with zero attached hydrogens (tertiary/aromatic N) is 1. The van der Waals surface area contributed by atoms with Gasteiger partial charge in [-0.2, -0.15) is 5.26 Å². The normalized spacial score (nSPS) is 9.92. The van der Waals surface area contributed by atoms with Gasteiger partial charge in [0.1, 0.15) is 0 Å². The van der Waals surface area contributed by atoms with Crippen LogP contribution in [0.25, 0.3) is 11.1 Å². The highest BCUT2D eigenvalue weighted by Gasteiger charge is 2.06. The molecule has 5 nitrogen and oxygen atoms in total. The summed E-state index contributed by atoms with van der Waals surface area (Å²) in [6, 6.07) is 16.7. The van der Waals surface area contributed by atoms with Crippen LogP contribution in [0.15, 0.2) is 48.5 Å². The van der Waals surface area contributed by atoms with Crippen LogP contribution in [0, 0.1) is 11.3 Å². The number of nitrogens with one attached hydrogen (secondary N) is 1. The quantitative estimate of drug-likeness (QED) is 0.621. The maximum Gasteiger partial charge on any atom is 0.305 e. The van der Waals surface area contributed by atoms with Crippen molar-refractivity contribution in [1.82, 2.24) is 5.32 Å². The molecule has 25 heavy (non-hydrogen) atoms. The van der Waals surface area contributed by atoms with Crippen molar-refractivity contribution in [2.24, 2.45) is 0 Å². The zero-order valence-corrected chi connectivity index (χ0v) is 14.1. The van der Waals surface area contributed by atoms with Gasteiger partial charge in [0.25, 0.3) is 5.91 Å². The minimum absolute atomic E-state index is 0.135. The molecule has 1 amide bonds. The van der Waals surface area contributed by atoms with E-state index in [9.17, 15) is 9.59 Å². The highest BCUT2D eigenvalue weighted by atomic mass is 16.5. The number of esters is 1. The van der Waals surface area contributed by atoms with Gasteiger partial charge in [0, 0.05) is 18.5 Å². The van der Waals surface area contributed by atoms with Gasteiger partial charge in [-0.25, -0.2) is 0 Å². The largest absolute Gasteiger partial charge is 0.469 e. The van der Waals surface area contributed by atoms with Gasteiger partial charge in [0.05, 0.1) is 18.7 Å². The van der Waals surface area contributed by atoms with Crippen LogP contribution in [0.2, 0.25) is 0 Å². The molecule has 0 saturated carbocycles. The number of unbranched alkanes of at least 4 members (excludes halogenated alkanes) is 1. The van der Waals surface area contributed by atoms with Crippen LogP contribution in [0.3, 0.4) is 0 Å². The fourth-order valence-electron chi connectivity index (χ4n) is 2.35. The lowest BCUT2D eigenvalue weighted by atomic mass is 10.0. The Labute approximate surface area is 147 Å². The Balaban J connectivity index is 1.85. The first-order valence-corrected chi connectivity index (χ1v) is 8.09. The van der Waals surface area contributed by atoms with Crippen LogP contribution in [0.4, 0.5) is 0 Å². The molecular weight excluding hydrogens is 316 g/mol. The van der Waals surface area contributed by atoms with E-state index >= 15 is 0 Å². The molecule has 0 fully saturated rings. The molecular formula is C20H20N2O3. The molecule has 2 aromatic rings. The maximum atomic E-state index is 12.1. The molecule has 0 atom stereocenters. The number of hydrogen-bond donors (Lipinski definition) is 1. The predicted molar refractivity (Wildman–Crippen MR) is 94.8 cm³/mol. The lowest BCUT2D eigenvalue weighted by molar-refractivity contribution is -0.140. The molecule has 5 heteroatoms. The van der Waals surface area contributed by atoms with Crippen LogP contribution in [-0.4, -0.2) is 25.5 Å². The number of hydrogen-bond acceptors (Lipinski definition) is 4.